The van der Waals surface area contributed by atoms with Crippen LogP contribution in [-0.4, -0.2) is 77.5 Å². The number of hydrogen-bond acceptors (Lipinski definition) is 8. The fourth-order valence-electron chi connectivity index (χ4n) is 5.66. The van der Waals surface area contributed by atoms with Gasteiger partial charge in [-0.05, 0) is 31.0 Å². The topological polar surface area (TPSA) is 83.0 Å². The average Bonchev–Trinajstić information content (AvgIpc) is 3.27. The van der Waals surface area contributed by atoms with E-state index in [1.54, 1.807) is 6.07 Å². The molecule has 1 saturated carbocycles. The minimum absolute atomic E-state index is 0.229. The molecule has 31 heavy (non-hydrogen) atoms. The number of aromatic nitrogens is 2. The highest BCUT2D eigenvalue weighted by atomic mass is 16.7. The molecule has 8 nitrogen and oxygen atoms in total. The first kappa shape index (κ1) is 19.3. The van der Waals surface area contributed by atoms with Gasteiger partial charge < -0.3 is 24.8 Å². The number of aromatic hydroxyl groups is 1. The number of hydrogen-bond donors (Lipinski definition) is 2. The van der Waals surface area contributed by atoms with E-state index < -0.39 is 0 Å². The minimum Gasteiger partial charge on any atom is -0.507 e. The van der Waals surface area contributed by atoms with Crippen molar-refractivity contribution in [1.82, 2.24) is 15.1 Å². The maximum atomic E-state index is 10.2. The number of nitrogens with zero attached hydrogens (tertiary/aromatic N) is 4. The molecule has 2 N–H and O–H groups in total. The highest BCUT2D eigenvalue weighted by Gasteiger charge is 2.43. The van der Waals surface area contributed by atoms with Crippen molar-refractivity contribution in [3.63, 3.8) is 0 Å². The largest absolute Gasteiger partial charge is 0.507 e. The monoisotopic (exact) mass is 423 g/mol. The molecule has 1 atom stereocenters. The average molecular weight is 424 g/mol. The zero-order chi connectivity index (χ0) is 20.8. The predicted molar refractivity (Wildman–Crippen MR) is 117 cm³/mol. The van der Waals surface area contributed by atoms with Crippen molar-refractivity contribution in [3.05, 3.63) is 30.3 Å². The smallest absolute Gasteiger partial charge is 0.172 e. The third-order valence-electron chi connectivity index (χ3n) is 7.33. The summed E-state index contributed by atoms with van der Waals surface area (Å²) in [5.41, 5.74) is 2.50. The van der Waals surface area contributed by atoms with Gasteiger partial charge in [0, 0.05) is 50.6 Å². The Labute approximate surface area is 182 Å². The second-order valence-corrected chi connectivity index (χ2v) is 9.04. The van der Waals surface area contributed by atoms with Crippen LogP contribution in [0.4, 0.5) is 11.5 Å². The first-order valence-electron chi connectivity index (χ1n) is 11.4. The lowest BCUT2D eigenvalue weighted by Gasteiger charge is -2.49. The van der Waals surface area contributed by atoms with Gasteiger partial charge in [0.2, 0.25) is 0 Å². The van der Waals surface area contributed by atoms with Gasteiger partial charge in [-0.25, -0.2) is 0 Å². The predicted octanol–water partition coefficient (Wildman–Crippen LogP) is 2.45. The molecule has 0 unspecified atom stereocenters. The molecule has 164 valence electrons. The summed E-state index contributed by atoms with van der Waals surface area (Å²) in [5.74, 6) is 0.771. The highest BCUT2D eigenvalue weighted by Crippen LogP contribution is 2.40. The number of phenolic OH excluding ortho intramolecular Hbond substituents is 1. The highest BCUT2D eigenvalue weighted by molar-refractivity contribution is 5.76. The fraction of sp³-hybridized carbons (Fsp3) is 0.565. The molecule has 1 aromatic carbocycles. The molecular formula is C23H29N5O3. The van der Waals surface area contributed by atoms with E-state index >= 15 is 0 Å². The number of phenols is 1. The number of anilines is 2. The third-order valence-corrected chi connectivity index (χ3v) is 7.33. The van der Waals surface area contributed by atoms with Crippen molar-refractivity contribution in [1.29, 1.82) is 0 Å². The first-order valence-corrected chi connectivity index (χ1v) is 11.4. The summed E-state index contributed by atoms with van der Waals surface area (Å²) in [6, 6.07) is 10.4. The fourth-order valence-corrected chi connectivity index (χ4v) is 5.66. The van der Waals surface area contributed by atoms with E-state index in [0.29, 0.717) is 23.3 Å². The Balaban J connectivity index is 1.17. The molecule has 4 heterocycles. The number of nitrogens with one attached hydrogen (secondary N) is 1. The van der Waals surface area contributed by atoms with Crippen LogP contribution in [0.3, 0.4) is 0 Å². The summed E-state index contributed by atoms with van der Waals surface area (Å²) in [6.45, 7) is 5.41. The second kappa shape index (κ2) is 7.62. The van der Waals surface area contributed by atoms with E-state index in [2.05, 4.69) is 31.4 Å². The van der Waals surface area contributed by atoms with Gasteiger partial charge in [0.05, 0.1) is 30.6 Å². The quantitative estimate of drug-likeness (QED) is 0.762. The summed E-state index contributed by atoms with van der Waals surface area (Å²) < 4.78 is 11.8. The molecule has 4 aliphatic rings. The van der Waals surface area contributed by atoms with Gasteiger partial charge in [-0.2, -0.15) is 0 Å². The summed E-state index contributed by atoms with van der Waals surface area (Å²) in [5, 5.41) is 22.5. The molecule has 0 amide bonds. The van der Waals surface area contributed by atoms with Crippen LogP contribution >= 0.6 is 0 Å². The lowest BCUT2D eigenvalue weighted by Crippen LogP contribution is -2.60. The molecular weight excluding hydrogens is 394 g/mol. The van der Waals surface area contributed by atoms with E-state index in [-0.39, 0.29) is 11.5 Å². The Hall–Kier alpha value is -2.42. The SMILES string of the molecule is Oc1ccccc1-c1cc2c(nn1)NC[C@H]1CN(C3CCC4(CC3)OCCO4)CCN21. The second-order valence-electron chi connectivity index (χ2n) is 9.04. The lowest BCUT2D eigenvalue weighted by molar-refractivity contribution is -0.184. The number of rotatable bonds is 2. The molecule has 3 aliphatic heterocycles. The Morgan fingerprint density at radius 3 is 2.65 bits per heavy atom. The zero-order valence-electron chi connectivity index (χ0n) is 17.7. The van der Waals surface area contributed by atoms with Gasteiger partial charge in [-0.15, -0.1) is 10.2 Å². The maximum absolute atomic E-state index is 10.2. The van der Waals surface area contributed by atoms with Gasteiger partial charge in [-0.3, -0.25) is 4.90 Å². The van der Waals surface area contributed by atoms with Crippen LogP contribution in [0.25, 0.3) is 11.3 Å². The molecule has 3 fully saturated rings. The normalized spacial score (nSPS) is 25.8. The molecule has 1 spiro atoms. The van der Waals surface area contributed by atoms with Gasteiger partial charge >= 0.3 is 0 Å². The van der Waals surface area contributed by atoms with Crippen LogP contribution in [0, 0.1) is 0 Å². The van der Waals surface area contributed by atoms with Crippen molar-refractivity contribution in [3.8, 4) is 17.0 Å². The van der Waals surface area contributed by atoms with Crippen LogP contribution in [-0.2, 0) is 9.47 Å². The van der Waals surface area contributed by atoms with Gasteiger partial charge in [0.25, 0.3) is 0 Å². The summed E-state index contributed by atoms with van der Waals surface area (Å²) >= 11 is 0. The van der Waals surface area contributed by atoms with Crippen LogP contribution in [0.15, 0.2) is 30.3 Å². The molecule has 1 aromatic heterocycles. The summed E-state index contributed by atoms with van der Waals surface area (Å²) in [6.07, 6.45) is 4.28. The molecule has 0 radical (unpaired) electrons. The number of fused-ring (bicyclic) bond motifs is 3. The number of benzene rings is 1. The van der Waals surface area contributed by atoms with E-state index in [1.165, 1.54) is 0 Å². The lowest BCUT2D eigenvalue weighted by atomic mass is 9.88. The van der Waals surface area contributed by atoms with Crippen molar-refractivity contribution in [2.45, 2.75) is 43.6 Å². The van der Waals surface area contributed by atoms with Crippen LogP contribution in [0.1, 0.15) is 25.7 Å². The standard InChI is InChI=1S/C23H29N5O3/c29-21-4-2-1-3-18(21)19-13-20-22(26-25-19)24-14-17-15-27(9-10-28(17)20)16-5-7-23(8-6-16)30-11-12-31-23/h1-4,13,16-17,29H,5-12,14-15H2,(H,24,26)/t17-/m0/s1. The molecule has 2 saturated heterocycles. The molecule has 2 aromatic rings. The van der Waals surface area contributed by atoms with Crippen molar-refractivity contribution in [2.75, 3.05) is 49.6 Å². The number of ether oxygens (including phenoxy) is 2. The van der Waals surface area contributed by atoms with Gasteiger partial charge in [0.15, 0.2) is 11.6 Å². The van der Waals surface area contributed by atoms with Crippen LogP contribution in [0.5, 0.6) is 5.75 Å². The van der Waals surface area contributed by atoms with Crippen molar-refractivity contribution >= 4 is 11.5 Å². The molecule has 1 aliphatic carbocycles. The molecule has 8 heteroatoms. The van der Waals surface area contributed by atoms with E-state index in [0.717, 1.165) is 76.6 Å². The van der Waals surface area contributed by atoms with Gasteiger partial charge in [0.1, 0.15) is 5.75 Å². The van der Waals surface area contributed by atoms with Crippen molar-refractivity contribution in [2.24, 2.45) is 0 Å². The zero-order valence-corrected chi connectivity index (χ0v) is 17.7. The third kappa shape index (κ3) is 3.43. The van der Waals surface area contributed by atoms with Crippen molar-refractivity contribution < 1.29 is 14.6 Å². The molecule has 0 bridgehead atoms. The minimum atomic E-state index is -0.290. The maximum Gasteiger partial charge on any atom is 0.172 e. The van der Waals surface area contributed by atoms with E-state index in [4.69, 9.17) is 9.47 Å². The summed E-state index contributed by atoms with van der Waals surface area (Å²) in [7, 11) is 0. The number of para-hydroxylation sites is 1. The molecule has 6 rings (SSSR count). The van der Waals surface area contributed by atoms with Crippen LogP contribution in [0.2, 0.25) is 0 Å². The Morgan fingerprint density at radius 1 is 1.03 bits per heavy atom. The first-order chi connectivity index (χ1) is 15.2. The Kier molecular flexibility index (Phi) is 4.74. The van der Waals surface area contributed by atoms with Gasteiger partial charge in [-0.1, -0.05) is 12.1 Å². The van der Waals surface area contributed by atoms with E-state index in [9.17, 15) is 5.11 Å². The Morgan fingerprint density at radius 2 is 1.84 bits per heavy atom. The van der Waals surface area contributed by atoms with Crippen LogP contribution < -0.4 is 10.2 Å². The Bertz CT molecular complexity index is 954. The van der Waals surface area contributed by atoms with E-state index in [1.807, 2.05) is 18.2 Å². The number of piperazine rings is 1. The summed E-state index contributed by atoms with van der Waals surface area (Å²) in [4.78, 5) is 5.13.